The molecule has 0 fully saturated rings. The van der Waals surface area contributed by atoms with E-state index in [0.717, 1.165) is 0 Å². The van der Waals surface area contributed by atoms with Gasteiger partial charge in [-0.25, -0.2) is 0 Å². The van der Waals surface area contributed by atoms with Crippen LogP contribution in [0.25, 0.3) is 0 Å². The van der Waals surface area contributed by atoms with Crippen LogP contribution in [-0.4, -0.2) is 57.1 Å². The summed E-state index contributed by atoms with van der Waals surface area (Å²) in [5.41, 5.74) is 0. The quantitative estimate of drug-likeness (QED) is 0.348. The SMILES string of the molecule is [Mg+2].[Mg+2].[OH-].[OH-]. The maximum atomic E-state index is 0. The van der Waals surface area contributed by atoms with Crippen LogP contribution in [0.15, 0.2) is 0 Å². The molecule has 0 unspecified atom stereocenters. The van der Waals surface area contributed by atoms with Crippen molar-refractivity contribution in [3.63, 3.8) is 0 Å². The van der Waals surface area contributed by atoms with Crippen molar-refractivity contribution in [1.29, 1.82) is 0 Å². The van der Waals surface area contributed by atoms with Crippen LogP contribution in [0.2, 0.25) is 0 Å². The summed E-state index contributed by atoms with van der Waals surface area (Å²) in [6, 6.07) is 0. The molecule has 0 saturated heterocycles. The van der Waals surface area contributed by atoms with Gasteiger partial charge in [0.25, 0.3) is 0 Å². The molecule has 0 aliphatic carbocycles. The average Bonchev–Trinajstić information content (AvgIpc) is 0. The summed E-state index contributed by atoms with van der Waals surface area (Å²) >= 11 is 0. The van der Waals surface area contributed by atoms with Crippen LogP contribution >= 0.6 is 0 Å². The molecule has 0 rings (SSSR count). The van der Waals surface area contributed by atoms with Crippen molar-refractivity contribution < 1.29 is 11.0 Å². The van der Waals surface area contributed by atoms with Crippen LogP contribution in [0.3, 0.4) is 0 Å². The van der Waals surface area contributed by atoms with E-state index in [2.05, 4.69) is 0 Å². The van der Waals surface area contributed by atoms with Crippen LogP contribution in [0, 0.1) is 0 Å². The zero-order chi connectivity index (χ0) is 0. The molecule has 0 aliphatic rings. The Morgan fingerprint density at radius 1 is 0.500 bits per heavy atom. The minimum atomic E-state index is 0. The second-order valence-electron chi connectivity index (χ2n) is 0. The summed E-state index contributed by atoms with van der Waals surface area (Å²) in [5, 5.41) is 0. The number of hydrogen-bond acceptors (Lipinski definition) is 2. The van der Waals surface area contributed by atoms with E-state index in [1.54, 1.807) is 0 Å². The standard InChI is InChI=1S/2Mg.2H2O/h;;2*1H2/q2*+2;;/p-2. The third-order valence-corrected chi connectivity index (χ3v) is 0. The molecular weight excluding hydrogens is 80.6 g/mol. The van der Waals surface area contributed by atoms with Crippen molar-refractivity contribution in [2.24, 2.45) is 0 Å². The largest absolute Gasteiger partial charge is 2.00 e. The van der Waals surface area contributed by atoms with E-state index in [1.165, 1.54) is 0 Å². The van der Waals surface area contributed by atoms with Gasteiger partial charge in [-0.1, -0.05) is 0 Å². The van der Waals surface area contributed by atoms with Gasteiger partial charge in [0.05, 0.1) is 0 Å². The Kier molecular flexibility index (Phi) is 322. The van der Waals surface area contributed by atoms with Crippen molar-refractivity contribution in [3.8, 4) is 0 Å². The van der Waals surface area contributed by atoms with E-state index in [9.17, 15) is 0 Å². The van der Waals surface area contributed by atoms with Gasteiger partial charge in [0.2, 0.25) is 0 Å². The van der Waals surface area contributed by atoms with E-state index in [4.69, 9.17) is 0 Å². The predicted octanol–water partition coefficient (Wildman–Crippen LogP) is -1.12. The van der Waals surface area contributed by atoms with Gasteiger partial charge in [0, 0.05) is 0 Å². The van der Waals surface area contributed by atoms with E-state index in [1.807, 2.05) is 0 Å². The monoisotopic (exact) mass is 82.0 g/mol. The molecule has 0 aliphatic heterocycles. The summed E-state index contributed by atoms with van der Waals surface area (Å²) < 4.78 is 0. The summed E-state index contributed by atoms with van der Waals surface area (Å²) in [6.45, 7) is 0. The Labute approximate surface area is 56.9 Å². The molecule has 4 heavy (non-hydrogen) atoms. The minimum absolute atomic E-state index is 0. The van der Waals surface area contributed by atoms with Gasteiger partial charge in [-0.2, -0.15) is 0 Å². The Morgan fingerprint density at radius 3 is 0.500 bits per heavy atom. The Balaban J connectivity index is 0. The van der Waals surface area contributed by atoms with Gasteiger partial charge in [0.15, 0.2) is 0 Å². The first kappa shape index (κ1) is 51.2. The van der Waals surface area contributed by atoms with Crippen molar-refractivity contribution in [1.82, 2.24) is 0 Å². The molecule has 2 N–H and O–H groups in total. The second-order valence-corrected chi connectivity index (χ2v) is 0. The zero-order valence-corrected chi connectivity index (χ0v) is 5.14. The maximum Gasteiger partial charge on any atom is 2.00 e. The molecule has 0 amide bonds. The second kappa shape index (κ2) is 25.2. The molecule has 0 bridgehead atoms. The van der Waals surface area contributed by atoms with E-state index in [0.29, 0.717) is 0 Å². The van der Waals surface area contributed by atoms with Gasteiger partial charge < -0.3 is 11.0 Å². The van der Waals surface area contributed by atoms with E-state index in [-0.39, 0.29) is 57.1 Å². The Bertz CT molecular complexity index is 4.00. The molecule has 0 heterocycles. The van der Waals surface area contributed by atoms with E-state index < -0.39 is 0 Å². The molecule has 0 spiro atoms. The summed E-state index contributed by atoms with van der Waals surface area (Å²) in [5.74, 6) is 0. The molecule has 2 nitrogen and oxygen atoms in total. The zero-order valence-electron chi connectivity index (χ0n) is 2.31. The Hall–Kier alpha value is 1.45. The Morgan fingerprint density at radius 2 is 0.500 bits per heavy atom. The first-order valence-corrected chi connectivity index (χ1v) is 0. The predicted molar refractivity (Wildman–Crippen MR) is 15.4 cm³/mol. The van der Waals surface area contributed by atoms with Crippen molar-refractivity contribution >= 4 is 46.1 Å². The molecule has 0 aromatic carbocycles. The molecule has 0 aromatic heterocycles. The van der Waals surface area contributed by atoms with Crippen molar-refractivity contribution in [3.05, 3.63) is 0 Å². The summed E-state index contributed by atoms with van der Waals surface area (Å²) in [6.07, 6.45) is 0. The summed E-state index contributed by atoms with van der Waals surface area (Å²) in [4.78, 5) is 0. The van der Waals surface area contributed by atoms with Gasteiger partial charge >= 0.3 is 46.1 Å². The molecule has 0 atom stereocenters. The van der Waals surface area contributed by atoms with Gasteiger partial charge in [0.1, 0.15) is 0 Å². The maximum absolute atomic E-state index is 0. The molecule has 4 heteroatoms. The molecule has 16 valence electrons. The van der Waals surface area contributed by atoms with Crippen LogP contribution in [-0.2, 0) is 0 Å². The normalized spacial score (nSPS) is 0. The van der Waals surface area contributed by atoms with Gasteiger partial charge in [-0.3, -0.25) is 0 Å². The first-order chi connectivity index (χ1) is 0. The van der Waals surface area contributed by atoms with Crippen LogP contribution in [0.1, 0.15) is 0 Å². The topological polar surface area (TPSA) is 60.0 Å². The number of hydrogen-bond donors (Lipinski definition) is 0. The average molecular weight is 82.6 g/mol. The van der Waals surface area contributed by atoms with Crippen molar-refractivity contribution in [2.75, 3.05) is 0 Å². The van der Waals surface area contributed by atoms with Crippen LogP contribution in [0.4, 0.5) is 0 Å². The number of rotatable bonds is 0. The van der Waals surface area contributed by atoms with Crippen LogP contribution < -0.4 is 0 Å². The van der Waals surface area contributed by atoms with Crippen LogP contribution in [0.5, 0.6) is 0 Å². The summed E-state index contributed by atoms with van der Waals surface area (Å²) in [7, 11) is 0. The molecular formula is H2Mg2O2+2. The fraction of sp³-hybridized carbons (Fsp3) is 0. The molecule has 0 aromatic rings. The third-order valence-electron chi connectivity index (χ3n) is 0. The molecule has 0 radical (unpaired) electrons. The van der Waals surface area contributed by atoms with Crippen molar-refractivity contribution in [2.45, 2.75) is 0 Å². The first-order valence-electron chi connectivity index (χ1n) is 0. The minimum Gasteiger partial charge on any atom is -0.870 e. The van der Waals surface area contributed by atoms with E-state index >= 15 is 0 Å². The smallest absolute Gasteiger partial charge is 0.870 e. The molecule has 0 saturated carbocycles. The fourth-order valence-electron chi connectivity index (χ4n) is 0. The van der Waals surface area contributed by atoms with Gasteiger partial charge in [-0.05, 0) is 0 Å². The third kappa shape index (κ3) is 9.84. The van der Waals surface area contributed by atoms with Gasteiger partial charge in [-0.15, -0.1) is 0 Å². The fourth-order valence-corrected chi connectivity index (χ4v) is 0.